The molecule has 0 atom stereocenters. The van der Waals surface area contributed by atoms with Gasteiger partial charge in [0.05, 0.1) is 18.5 Å². The minimum atomic E-state index is -3.79. The zero-order chi connectivity index (χ0) is 16.3. The van der Waals surface area contributed by atoms with Crippen LogP contribution in [-0.2, 0) is 10.0 Å². The average molecular weight is 329 g/mol. The highest BCUT2D eigenvalue weighted by molar-refractivity contribution is 7.92. The highest BCUT2D eigenvalue weighted by Crippen LogP contribution is 2.27. The predicted octanol–water partition coefficient (Wildman–Crippen LogP) is 2.68. The zero-order valence-electron chi connectivity index (χ0n) is 12.4. The number of anilines is 1. The van der Waals surface area contributed by atoms with Crippen LogP contribution < -0.4 is 9.46 Å². The molecule has 0 saturated carbocycles. The van der Waals surface area contributed by atoms with Gasteiger partial charge in [-0.1, -0.05) is 24.3 Å². The highest BCUT2D eigenvalue weighted by atomic mass is 32.2. The van der Waals surface area contributed by atoms with E-state index in [-0.39, 0.29) is 10.6 Å². The third kappa shape index (κ3) is 3.04. The highest BCUT2D eigenvalue weighted by Gasteiger charge is 2.20. The quantitative estimate of drug-likeness (QED) is 0.781. The molecule has 23 heavy (non-hydrogen) atoms. The van der Waals surface area contributed by atoms with Crippen molar-refractivity contribution in [2.75, 3.05) is 11.8 Å². The van der Waals surface area contributed by atoms with Gasteiger partial charge in [-0.05, 0) is 30.3 Å². The summed E-state index contributed by atoms with van der Waals surface area (Å²) in [6.07, 6.45) is 3.38. The Morgan fingerprint density at radius 1 is 1.04 bits per heavy atom. The van der Waals surface area contributed by atoms with Crippen LogP contribution in [0.2, 0.25) is 0 Å². The number of ether oxygens (including phenoxy) is 1. The molecule has 3 aromatic rings. The molecular weight excluding hydrogens is 314 g/mol. The molecule has 0 aliphatic carbocycles. The topological polar surface area (TPSA) is 73.2 Å². The maximum atomic E-state index is 12.7. The van der Waals surface area contributed by atoms with E-state index in [1.807, 2.05) is 6.07 Å². The molecule has 0 radical (unpaired) electrons. The van der Waals surface area contributed by atoms with E-state index in [1.165, 1.54) is 13.2 Å². The summed E-state index contributed by atoms with van der Waals surface area (Å²) in [5.74, 6) is 0.288. The van der Waals surface area contributed by atoms with E-state index in [0.29, 0.717) is 11.4 Å². The van der Waals surface area contributed by atoms with Crippen LogP contribution in [0, 0.1) is 0 Å². The van der Waals surface area contributed by atoms with E-state index in [9.17, 15) is 8.42 Å². The van der Waals surface area contributed by atoms with Crippen LogP contribution in [0.3, 0.4) is 0 Å². The van der Waals surface area contributed by atoms with Gasteiger partial charge < -0.3 is 4.74 Å². The molecule has 3 rings (SSSR count). The summed E-state index contributed by atoms with van der Waals surface area (Å²) in [4.78, 5) is 0.0813. The zero-order valence-corrected chi connectivity index (χ0v) is 13.2. The van der Waals surface area contributed by atoms with Gasteiger partial charge in [-0.2, -0.15) is 5.10 Å². The Bertz CT molecular complexity index is 906. The normalized spacial score (nSPS) is 11.2. The number of hydrogen-bond acceptors (Lipinski definition) is 4. The second kappa shape index (κ2) is 6.13. The molecular formula is C16H15N3O3S. The van der Waals surface area contributed by atoms with E-state index < -0.39 is 10.0 Å². The summed E-state index contributed by atoms with van der Waals surface area (Å²) >= 11 is 0. The number of nitrogens with zero attached hydrogens (tertiary/aromatic N) is 2. The average Bonchev–Trinajstić information content (AvgIpc) is 3.09. The Hall–Kier alpha value is -2.80. The van der Waals surface area contributed by atoms with Gasteiger partial charge in [0.15, 0.2) is 0 Å². The molecule has 0 saturated heterocycles. The van der Waals surface area contributed by atoms with Crippen molar-refractivity contribution < 1.29 is 13.2 Å². The summed E-state index contributed by atoms with van der Waals surface area (Å²) in [6, 6.07) is 15.3. The van der Waals surface area contributed by atoms with Crippen LogP contribution in [0.4, 0.5) is 5.69 Å². The fourth-order valence-corrected chi connectivity index (χ4v) is 3.46. The largest absolute Gasteiger partial charge is 0.495 e. The van der Waals surface area contributed by atoms with Crippen molar-refractivity contribution in [2.45, 2.75) is 4.90 Å². The second-order valence-corrected chi connectivity index (χ2v) is 6.37. The Balaban J connectivity index is 2.02. The molecule has 6 nitrogen and oxygen atoms in total. The maximum Gasteiger partial charge on any atom is 0.265 e. The van der Waals surface area contributed by atoms with E-state index in [0.717, 1.165) is 0 Å². The standard InChI is InChI=1S/C16H15N3O3S/c1-22-15-9-4-5-10-16(15)23(20,21)18-13-7-2-3-8-14(13)19-12-6-11-17-19/h2-12,18H,1H3. The predicted molar refractivity (Wildman–Crippen MR) is 87.4 cm³/mol. The fourth-order valence-electron chi connectivity index (χ4n) is 2.21. The summed E-state index contributed by atoms with van der Waals surface area (Å²) in [6.45, 7) is 0. The minimum Gasteiger partial charge on any atom is -0.495 e. The van der Waals surface area contributed by atoms with E-state index in [1.54, 1.807) is 59.5 Å². The van der Waals surface area contributed by atoms with E-state index in [4.69, 9.17) is 4.74 Å². The summed E-state index contributed by atoms with van der Waals surface area (Å²) in [5.41, 5.74) is 1.07. The number of sulfonamides is 1. The lowest BCUT2D eigenvalue weighted by Crippen LogP contribution is -2.15. The molecule has 0 bridgehead atoms. The van der Waals surface area contributed by atoms with Crippen molar-refractivity contribution in [1.82, 2.24) is 9.78 Å². The molecule has 2 aromatic carbocycles. The number of para-hydroxylation sites is 3. The third-order valence-corrected chi connectivity index (χ3v) is 4.66. The van der Waals surface area contributed by atoms with Crippen molar-refractivity contribution >= 4 is 15.7 Å². The van der Waals surface area contributed by atoms with Gasteiger partial charge in [0, 0.05) is 12.4 Å². The molecule has 0 unspecified atom stereocenters. The fraction of sp³-hybridized carbons (Fsp3) is 0.0625. The van der Waals surface area contributed by atoms with Crippen LogP contribution in [0.5, 0.6) is 5.75 Å². The molecule has 0 spiro atoms. The number of hydrogen-bond donors (Lipinski definition) is 1. The Labute approximate surface area is 134 Å². The number of benzene rings is 2. The van der Waals surface area contributed by atoms with Gasteiger partial charge in [-0.3, -0.25) is 4.72 Å². The van der Waals surface area contributed by atoms with Crippen molar-refractivity contribution in [2.24, 2.45) is 0 Å². The first-order valence-corrected chi connectivity index (χ1v) is 8.35. The molecule has 0 aliphatic rings. The van der Waals surface area contributed by atoms with Gasteiger partial charge >= 0.3 is 0 Å². The molecule has 118 valence electrons. The van der Waals surface area contributed by atoms with Gasteiger partial charge in [0.1, 0.15) is 10.6 Å². The molecule has 1 heterocycles. The molecule has 0 aliphatic heterocycles. The first-order valence-electron chi connectivity index (χ1n) is 6.87. The van der Waals surface area contributed by atoms with Crippen LogP contribution in [-0.4, -0.2) is 25.3 Å². The van der Waals surface area contributed by atoms with Gasteiger partial charge in [0.25, 0.3) is 10.0 Å². The lowest BCUT2D eigenvalue weighted by molar-refractivity contribution is 0.403. The number of aromatic nitrogens is 2. The van der Waals surface area contributed by atoms with Crippen LogP contribution >= 0.6 is 0 Å². The van der Waals surface area contributed by atoms with Crippen molar-refractivity contribution in [3.63, 3.8) is 0 Å². The third-order valence-electron chi connectivity index (χ3n) is 3.26. The van der Waals surface area contributed by atoms with E-state index in [2.05, 4.69) is 9.82 Å². The van der Waals surface area contributed by atoms with Crippen LogP contribution in [0.15, 0.2) is 71.9 Å². The SMILES string of the molecule is COc1ccccc1S(=O)(=O)Nc1ccccc1-n1cccn1. The van der Waals surface area contributed by atoms with Crippen LogP contribution in [0.25, 0.3) is 5.69 Å². The lowest BCUT2D eigenvalue weighted by Gasteiger charge is -2.14. The summed E-state index contributed by atoms with van der Waals surface area (Å²) in [7, 11) is -2.35. The van der Waals surface area contributed by atoms with Gasteiger partial charge in [0.2, 0.25) is 0 Å². The summed E-state index contributed by atoms with van der Waals surface area (Å²) in [5, 5.41) is 4.14. The maximum absolute atomic E-state index is 12.7. The van der Waals surface area contributed by atoms with Crippen molar-refractivity contribution in [3.8, 4) is 11.4 Å². The molecule has 1 aromatic heterocycles. The number of methoxy groups -OCH3 is 1. The molecule has 1 N–H and O–H groups in total. The minimum absolute atomic E-state index is 0.0813. The first kappa shape index (κ1) is 15.1. The molecule has 7 heteroatoms. The van der Waals surface area contributed by atoms with Gasteiger partial charge in [-0.25, -0.2) is 13.1 Å². The molecule has 0 fully saturated rings. The summed E-state index contributed by atoms with van der Waals surface area (Å²) < 4.78 is 34.7. The number of rotatable bonds is 5. The van der Waals surface area contributed by atoms with Crippen molar-refractivity contribution in [3.05, 3.63) is 67.0 Å². The van der Waals surface area contributed by atoms with Gasteiger partial charge in [-0.15, -0.1) is 0 Å². The monoisotopic (exact) mass is 329 g/mol. The lowest BCUT2D eigenvalue weighted by atomic mass is 10.3. The molecule has 0 amide bonds. The number of nitrogens with one attached hydrogen (secondary N) is 1. The van der Waals surface area contributed by atoms with Crippen LogP contribution in [0.1, 0.15) is 0 Å². The smallest absolute Gasteiger partial charge is 0.265 e. The Morgan fingerprint density at radius 2 is 1.78 bits per heavy atom. The Kier molecular flexibility index (Phi) is 4.03. The van der Waals surface area contributed by atoms with Crippen molar-refractivity contribution in [1.29, 1.82) is 0 Å². The Morgan fingerprint density at radius 3 is 2.52 bits per heavy atom. The van der Waals surface area contributed by atoms with E-state index >= 15 is 0 Å². The first-order chi connectivity index (χ1) is 11.1. The second-order valence-electron chi connectivity index (χ2n) is 4.72.